The predicted molar refractivity (Wildman–Crippen MR) is 79.4 cm³/mol. The highest BCUT2D eigenvalue weighted by Crippen LogP contribution is 2.38. The average molecular weight is 294 g/mol. The quantitative estimate of drug-likeness (QED) is 0.814. The Bertz CT molecular complexity index is 456. The number of amides is 4. The summed E-state index contributed by atoms with van der Waals surface area (Å²) in [7, 11) is 0. The van der Waals surface area contributed by atoms with Crippen LogP contribution in [0.1, 0.15) is 59.8 Å². The summed E-state index contributed by atoms with van der Waals surface area (Å²) in [4.78, 5) is 38.6. The molecule has 21 heavy (non-hydrogen) atoms. The minimum absolute atomic E-state index is 0.0747. The normalized spacial score (nSPS) is 33.0. The zero-order valence-corrected chi connectivity index (χ0v) is 13.4. The van der Waals surface area contributed by atoms with E-state index in [4.69, 9.17) is 0 Å². The van der Waals surface area contributed by atoms with E-state index in [9.17, 15) is 14.4 Å². The standard InChI is InChI=1S/C16H26N2O3/c1-5-16(6-2)13(19)17-15(21)18(14(16)20)12-8-7-10(3)11(4)9-12/h10-12H,5-9H2,1-4H3,(H,17,19,21). The zero-order chi connectivity index (χ0) is 15.8. The third kappa shape index (κ3) is 2.47. The topological polar surface area (TPSA) is 66.5 Å². The number of imide groups is 2. The van der Waals surface area contributed by atoms with E-state index in [0.717, 1.165) is 19.3 Å². The lowest BCUT2D eigenvalue weighted by Crippen LogP contribution is -2.66. The van der Waals surface area contributed by atoms with Gasteiger partial charge >= 0.3 is 6.03 Å². The molecule has 2 aliphatic rings. The van der Waals surface area contributed by atoms with E-state index in [1.807, 2.05) is 13.8 Å². The van der Waals surface area contributed by atoms with Crippen molar-refractivity contribution in [2.45, 2.75) is 65.8 Å². The van der Waals surface area contributed by atoms with Crippen molar-refractivity contribution >= 4 is 17.8 Å². The number of nitrogens with one attached hydrogen (secondary N) is 1. The lowest BCUT2D eigenvalue weighted by Gasteiger charge is -2.44. The van der Waals surface area contributed by atoms with Crippen LogP contribution in [-0.2, 0) is 9.59 Å². The molecule has 0 aromatic heterocycles. The minimum Gasteiger partial charge on any atom is -0.277 e. The summed E-state index contributed by atoms with van der Waals surface area (Å²) in [6.45, 7) is 8.05. The lowest BCUT2D eigenvalue weighted by molar-refractivity contribution is -0.154. The van der Waals surface area contributed by atoms with Crippen molar-refractivity contribution in [1.82, 2.24) is 10.2 Å². The third-order valence-corrected chi connectivity index (χ3v) is 5.64. The maximum Gasteiger partial charge on any atom is 0.331 e. The second kappa shape index (κ2) is 5.78. The number of carbonyl (C=O) groups excluding carboxylic acids is 3. The molecule has 5 nitrogen and oxygen atoms in total. The fraction of sp³-hybridized carbons (Fsp3) is 0.812. The van der Waals surface area contributed by atoms with Crippen LogP contribution in [0.2, 0.25) is 0 Å². The molecule has 0 aromatic rings. The Kier molecular flexibility index (Phi) is 4.40. The van der Waals surface area contributed by atoms with Crippen molar-refractivity contribution in [3.05, 3.63) is 0 Å². The summed E-state index contributed by atoms with van der Waals surface area (Å²) in [6, 6.07) is -0.608. The second-order valence-electron chi connectivity index (χ2n) is 6.65. The first-order valence-corrected chi connectivity index (χ1v) is 8.06. The number of barbiturate groups is 1. The van der Waals surface area contributed by atoms with Crippen LogP contribution in [0.5, 0.6) is 0 Å². The highest BCUT2D eigenvalue weighted by molar-refractivity contribution is 6.19. The highest BCUT2D eigenvalue weighted by Gasteiger charge is 2.53. The molecule has 1 aliphatic heterocycles. The van der Waals surface area contributed by atoms with Gasteiger partial charge in [0.05, 0.1) is 0 Å². The van der Waals surface area contributed by atoms with E-state index in [1.54, 1.807) is 0 Å². The molecular formula is C16H26N2O3. The number of nitrogens with zero attached hydrogens (tertiary/aromatic N) is 1. The van der Waals surface area contributed by atoms with Crippen molar-refractivity contribution in [2.75, 3.05) is 0 Å². The van der Waals surface area contributed by atoms with Gasteiger partial charge in [-0.05, 0) is 43.9 Å². The van der Waals surface area contributed by atoms with E-state index >= 15 is 0 Å². The van der Waals surface area contributed by atoms with Crippen LogP contribution in [0, 0.1) is 17.3 Å². The van der Waals surface area contributed by atoms with Gasteiger partial charge in [-0.2, -0.15) is 0 Å². The van der Waals surface area contributed by atoms with E-state index < -0.39 is 17.4 Å². The first kappa shape index (κ1) is 16.0. The van der Waals surface area contributed by atoms with Gasteiger partial charge in [-0.25, -0.2) is 4.79 Å². The molecular weight excluding hydrogens is 268 g/mol. The minimum atomic E-state index is -1.07. The van der Waals surface area contributed by atoms with Crippen molar-refractivity contribution in [3.8, 4) is 0 Å². The molecule has 1 N–H and O–H groups in total. The van der Waals surface area contributed by atoms with Crippen LogP contribution in [0.4, 0.5) is 4.79 Å². The van der Waals surface area contributed by atoms with Gasteiger partial charge in [-0.1, -0.05) is 27.7 Å². The van der Waals surface area contributed by atoms with Crippen LogP contribution in [0.15, 0.2) is 0 Å². The largest absolute Gasteiger partial charge is 0.331 e. The molecule has 0 aromatic carbocycles. The van der Waals surface area contributed by atoms with Crippen LogP contribution >= 0.6 is 0 Å². The van der Waals surface area contributed by atoms with Gasteiger partial charge in [0.1, 0.15) is 5.41 Å². The van der Waals surface area contributed by atoms with Gasteiger partial charge in [-0.15, -0.1) is 0 Å². The van der Waals surface area contributed by atoms with Gasteiger partial charge in [0, 0.05) is 6.04 Å². The van der Waals surface area contributed by atoms with Crippen molar-refractivity contribution in [2.24, 2.45) is 17.3 Å². The number of rotatable bonds is 3. The number of carbonyl (C=O) groups is 3. The molecule has 0 bridgehead atoms. The Morgan fingerprint density at radius 3 is 2.24 bits per heavy atom. The summed E-state index contributed by atoms with van der Waals surface area (Å²) in [6.07, 6.45) is 3.54. The monoisotopic (exact) mass is 294 g/mol. The molecule has 0 radical (unpaired) electrons. The van der Waals surface area contributed by atoms with Crippen LogP contribution < -0.4 is 5.32 Å². The van der Waals surface area contributed by atoms with E-state index in [-0.39, 0.29) is 11.9 Å². The summed E-state index contributed by atoms with van der Waals surface area (Å²) in [5, 5.41) is 2.40. The van der Waals surface area contributed by atoms with E-state index in [2.05, 4.69) is 19.2 Å². The molecule has 1 saturated carbocycles. The molecule has 2 rings (SSSR count). The Hall–Kier alpha value is -1.39. The fourth-order valence-corrected chi connectivity index (χ4v) is 3.66. The second-order valence-corrected chi connectivity index (χ2v) is 6.65. The molecule has 4 amide bonds. The Morgan fingerprint density at radius 2 is 1.71 bits per heavy atom. The molecule has 1 aliphatic carbocycles. The van der Waals surface area contributed by atoms with E-state index in [0.29, 0.717) is 24.7 Å². The predicted octanol–water partition coefficient (Wildman–Crippen LogP) is 2.70. The lowest BCUT2D eigenvalue weighted by atomic mass is 9.75. The fourth-order valence-electron chi connectivity index (χ4n) is 3.66. The van der Waals surface area contributed by atoms with Crippen LogP contribution in [0.3, 0.4) is 0 Å². The zero-order valence-electron chi connectivity index (χ0n) is 13.4. The SMILES string of the molecule is CCC1(CC)C(=O)NC(=O)N(C2CCC(C)C(C)C2)C1=O. The van der Waals surface area contributed by atoms with Gasteiger partial charge in [-0.3, -0.25) is 19.8 Å². The first-order chi connectivity index (χ1) is 9.87. The maximum absolute atomic E-state index is 12.9. The van der Waals surface area contributed by atoms with Crippen molar-refractivity contribution in [1.29, 1.82) is 0 Å². The molecule has 3 atom stereocenters. The first-order valence-electron chi connectivity index (χ1n) is 8.06. The van der Waals surface area contributed by atoms with Gasteiger partial charge in [0.2, 0.25) is 11.8 Å². The van der Waals surface area contributed by atoms with E-state index in [1.165, 1.54) is 4.90 Å². The number of hydrogen-bond donors (Lipinski definition) is 1. The molecule has 0 spiro atoms. The Labute approximate surface area is 126 Å². The maximum atomic E-state index is 12.9. The smallest absolute Gasteiger partial charge is 0.277 e. The highest BCUT2D eigenvalue weighted by atomic mass is 16.2. The molecule has 1 saturated heterocycles. The molecule has 5 heteroatoms. The molecule has 3 unspecified atom stereocenters. The summed E-state index contributed by atoms with van der Waals surface area (Å²) in [5.74, 6) is 0.372. The molecule has 118 valence electrons. The third-order valence-electron chi connectivity index (χ3n) is 5.64. The average Bonchev–Trinajstić information content (AvgIpc) is 2.44. The van der Waals surface area contributed by atoms with Crippen LogP contribution in [-0.4, -0.2) is 28.8 Å². The Morgan fingerprint density at radius 1 is 1.10 bits per heavy atom. The van der Waals surface area contributed by atoms with Crippen molar-refractivity contribution in [3.63, 3.8) is 0 Å². The molecule has 2 fully saturated rings. The van der Waals surface area contributed by atoms with Crippen molar-refractivity contribution < 1.29 is 14.4 Å². The molecule has 1 heterocycles. The summed E-state index contributed by atoms with van der Waals surface area (Å²) < 4.78 is 0. The number of hydrogen-bond acceptors (Lipinski definition) is 3. The van der Waals surface area contributed by atoms with Gasteiger partial charge in [0.25, 0.3) is 0 Å². The van der Waals surface area contributed by atoms with Crippen LogP contribution in [0.25, 0.3) is 0 Å². The Balaban J connectivity index is 2.28. The summed E-state index contributed by atoms with van der Waals surface area (Å²) in [5.41, 5.74) is -1.07. The summed E-state index contributed by atoms with van der Waals surface area (Å²) >= 11 is 0. The van der Waals surface area contributed by atoms with Gasteiger partial charge < -0.3 is 0 Å². The van der Waals surface area contributed by atoms with Gasteiger partial charge in [0.15, 0.2) is 0 Å². The number of urea groups is 1.